The highest BCUT2D eigenvalue weighted by molar-refractivity contribution is 5.53. The van der Waals surface area contributed by atoms with Crippen molar-refractivity contribution in [2.45, 2.75) is 26.1 Å². The third-order valence-corrected chi connectivity index (χ3v) is 3.92. The smallest absolute Gasteiger partial charge is 0.387 e. The zero-order chi connectivity index (χ0) is 19.1. The van der Waals surface area contributed by atoms with Crippen LogP contribution in [0.1, 0.15) is 24.1 Å². The number of hydrogen-bond donors (Lipinski definition) is 1. The molecule has 2 rings (SSSR count). The van der Waals surface area contributed by atoms with Crippen LogP contribution in [0, 0.1) is 0 Å². The molecule has 1 N–H and O–H groups in total. The Hall–Kier alpha value is -2.54. The second-order valence-corrected chi connectivity index (χ2v) is 5.59. The van der Waals surface area contributed by atoms with Gasteiger partial charge in [0.05, 0.1) is 21.3 Å². The van der Waals surface area contributed by atoms with Gasteiger partial charge in [0.2, 0.25) is 5.75 Å². The van der Waals surface area contributed by atoms with Crippen LogP contribution in [0.2, 0.25) is 0 Å². The van der Waals surface area contributed by atoms with Gasteiger partial charge in [-0.1, -0.05) is 12.1 Å². The summed E-state index contributed by atoms with van der Waals surface area (Å²) in [4.78, 5) is 0. The minimum absolute atomic E-state index is 0.0738. The van der Waals surface area contributed by atoms with Crippen LogP contribution in [0.15, 0.2) is 36.4 Å². The van der Waals surface area contributed by atoms with Crippen LogP contribution in [0.4, 0.5) is 8.78 Å². The van der Waals surface area contributed by atoms with Crippen LogP contribution in [-0.4, -0.2) is 27.9 Å². The van der Waals surface area contributed by atoms with Crippen molar-refractivity contribution in [3.05, 3.63) is 47.5 Å². The molecule has 7 heteroatoms. The number of hydrogen-bond acceptors (Lipinski definition) is 5. The van der Waals surface area contributed by atoms with E-state index in [0.717, 1.165) is 11.1 Å². The van der Waals surface area contributed by atoms with Crippen molar-refractivity contribution >= 4 is 0 Å². The molecule has 2 aromatic rings. The van der Waals surface area contributed by atoms with Crippen molar-refractivity contribution in [2.24, 2.45) is 0 Å². The molecule has 0 spiro atoms. The largest absolute Gasteiger partial charge is 0.493 e. The Morgan fingerprint density at radius 2 is 1.62 bits per heavy atom. The summed E-state index contributed by atoms with van der Waals surface area (Å²) in [5.41, 5.74) is 1.78. The SMILES string of the molecule is COc1cc(CNC(C)c2cccc(OC(F)F)c2)cc(OC)c1OC. The second kappa shape index (κ2) is 9.24. The maximum atomic E-state index is 12.4. The van der Waals surface area contributed by atoms with E-state index in [1.807, 2.05) is 25.1 Å². The number of methoxy groups -OCH3 is 3. The van der Waals surface area contributed by atoms with Gasteiger partial charge in [0.25, 0.3) is 0 Å². The quantitative estimate of drug-likeness (QED) is 0.721. The predicted octanol–water partition coefficient (Wildman–Crippen LogP) is 4.16. The van der Waals surface area contributed by atoms with Gasteiger partial charge in [0.1, 0.15) is 5.75 Å². The summed E-state index contributed by atoms with van der Waals surface area (Å²) in [6.07, 6.45) is 0. The molecule has 0 heterocycles. The molecule has 0 aliphatic rings. The van der Waals surface area contributed by atoms with Gasteiger partial charge in [-0.2, -0.15) is 8.78 Å². The summed E-state index contributed by atoms with van der Waals surface area (Å²) in [5.74, 6) is 1.81. The molecule has 0 fully saturated rings. The van der Waals surface area contributed by atoms with E-state index >= 15 is 0 Å². The van der Waals surface area contributed by atoms with Crippen LogP contribution < -0.4 is 24.3 Å². The van der Waals surface area contributed by atoms with Crippen LogP contribution >= 0.6 is 0 Å². The lowest BCUT2D eigenvalue weighted by Gasteiger charge is -2.17. The molecule has 0 saturated carbocycles. The van der Waals surface area contributed by atoms with Crippen LogP contribution in [0.5, 0.6) is 23.0 Å². The monoisotopic (exact) mass is 367 g/mol. The summed E-state index contributed by atoms with van der Waals surface area (Å²) in [6, 6.07) is 10.3. The van der Waals surface area contributed by atoms with E-state index < -0.39 is 6.61 Å². The molecule has 2 aromatic carbocycles. The van der Waals surface area contributed by atoms with Gasteiger partial charge >= 0.3 is 6.61 Å². The first-order valence-corrected chi connectivity index (χ1v) is 8.05. The first kappa shape index (κ1) is 19.8. The molecule has 0 amide bonds. The highest BCUT2D eigenvalue weighted by Crippen LogP contribution is 2.38. The van der Waals surface area contributed by atoms with Gasteiger partial charge in [0, 0.05) is 12.6 Å². The summed E-state index contributed by atoms with van der Waals surface area (Å²) in [7, 11) is 4.67. The van der Waals surface area contributed by atoms with Gasteiger partial charge in [-0.05, 0) is 42.3 Å². The van der Waals surface area contributed by atoms with Crippen LogP contribution in [-0.2, 0) is 6.54 Å². The van der Waals surface area contributed by atoms with Crippen LogP contribution in [0.3, 0.4) is 0 Å². The number of halogens is 2. The molecule has 0 aliphatic carbocycles. The number of nitrogens with one attached hydrogen (secondary N) is 1. The molecular formula is C19H23F2NO4. The molecule has 0 aliphatic heterocycles. The van der Waals surface area contributed by atoms with Gasteiger partial charge in [-0.3, -0.25) is 0 Å². The maximum Gasteiger partial charge on any atom is 0.387 e. The van der Waals surface area contributed by atoms with Crippen molar-refractivity contribution in [1.29, 1.82) is 0 Å². The molecule has 1 unspecified atom stereocenters. The van der Waals surface area contributed by atoms with E-state index in [1.165, 1.54) is 6.07 Å². The average Bonchev–Trinajstić information content (AvgIpc) is 2.64. The summed E-state index contributed by atoms with van der Waals surface area (Å²) in [5, 5.41) is 3.34. The molecule has 0 saturated heterocycles. The van der Waals surface area contributed by atoms with E-state index in [9.17, 15) is 8.78 Å². The van der Waals surface area contributed by atoms with Crippen molar-refractivity contribution < 1.29 is 27.7 Å². The highest BCUT2D eigenvalue weighted by Gasteiger charge is 2.14. The molecule has 0 radical (unpaired) electrons. The van der Waals surface area contributed by atoms with Gasteiger partial charge < -0.3 is 24.3 Å². The molecule has 0 aromatic heterocycles. The minimum atomic E-state index is -2.84. The topological polar surface area (TPSA) is 49.0 Å². The molecule has 1 atom stereocenters. The Balaban J connectivity index is 2.10. The minimum Gasteiger partial charge on any atom is -0.493 e. The lowest BCUT2D eigenvalue weighted by molar-refractivity contribution is -0.0499. The molecule has 26 heavy (non-hydrogen) atoms. The molecular weight excluding hydrogens is 344 g/mol. The number of alkyl halides is 2. The predicted molar refractivity (Wildman–Crippen MR) is 94.4 cm³/mol. The first-order chi connectivity index (χ1) is 12.5. The Labute approximate surface area is 151 Å². The Morgan fingerprint density at radius 3 is 2.15 bits per heavy atom. The van der Waals surface area contributed by atoms with E-state index in [1.54, 1.807) is 33.5 Å². The Bertz CT molecular complexity index is 699. The van der Waals surface area contributed by atoms with Crippen molar-refractivity contribution in [3.8, 4) is 23.0 Å². The summed E-state index contributed by atoms with van der Waals surface area (Å²) in [6.45, 7) is -0.371. The lowest BCUT2D eigenvalue weighted by Crippen LogP contribution is -2.18. The molecule has 5 nitrogen and oxygen atoms in total. The first-order valence-electron chi connectivity index (χ1n) is 8.05. The Morgan fingerprint density at radius 1 is 0.962 bits per heavy atom. The van der Waals surface area contributed by atoms with E-state index in [4.69, 9.17) is 14.2 Å². The average molecular weight is 367 g/mol. The van der Waals surface area contributed by atoms with Gasteiger partial charge in [0.15, 0.2) is 11.5 Å². The van der Waals surface area contributed by atoms with Gasteiger partial charge in [-0.15, -0.1) is 0 Å². The normalized spacial score (nSPS) is 12.0. The van der Waals surface area contributed by atoms with Crippen molar-refractivity contribution in [3.63, 3.8) is 0 Å². The summed E-state index contributed by atoms with van der Waals surface area (Å²) >= 11 is 0. The Kier molecular flexibility index (Phi) is 7.03. The highest BCUT2D eigenvalue weighted by atomic mass is 19.3. The van der Waals surface area contributed by atoms with Crippen molar-refractivity contribution in [1.82, 2.24) is 5.32 Å². The third-order valence-electron chi connectivity index (χ3n) is 3.92. The zero-order valence-electron chi connectivity index (χ0n) is 15.2. The second-order valence-electron chi connectivity index (χ2n) is 5.59. The zero-order valence-corrected chi connectivity index (χ0v) is 15.2. The molecule has 0 bridgehead atoms. The lowest BCUT2D eigenvalue weighted by atomic mass is 10.1. The summed E-state index contributed by atoms with van der Waals surface area (Å²) < 4.78 is 45.2. The van der Waals surface area contributed by atoms with E-state index in [0.29, 0.717) is 23.8 Å². The third kappa shape index (κ3) is 4.98. The van der Waals surface area contributed by atoms with Crippen LogP contribution in [0.25, 0.3) is 0 Å². The number of rotatable bonds is 9. The number of benzene rings is 2. The maximum absolute atomic E-state index is 12.4. The molecule has 142 valence electrons. The fourth-order valence-electron chi connectivity index (χ4n) is 2.59. The number of ether oxygens (including phenoxy) is 4. The standard InChI is InChI=1S/C19H23F2NO4/c1-12(14-6-5-7-15(10-14)26-19(20)21)22-11-13-8-16(23-2)18(25-4)17(9-13)24-3/h5-10,12,19,22H,11H2,1-4H3. The van der Waals surface area contributed by atoms with E-state index in [2.05, 4.69) is 10.1 Å². The fourth-order valence-corrected chi connectivity index (χ4v) is 2.59. The van der Waals surface area contributed by atoms with Crippen molar-refractivity contribution in [2.75, 3.05) is 21.3 Å². The fraction of sp³-hybridized carbons (Fsp3) is 0.368. The van der Waals surface area contributed by atoms with Gasteiger partial charge in [-0.25, -0.2) is 0 Å². The van der Waals surface area contributed by atoms with E-state index in [-0.39, 0.29) is 11.8 Å².